The second-order valence-corrected chi connectivity index (χ2v) is 18.5. The molecule has 0 saturated carbocycles. The first-order chi connectivity index (χ1) is 26.4. The largest absolute Gasteiger partial charge is 0.444 e. The van der Waals surface area contributed by atoms with E-state index in [9.17, 15) is 28.0 Å². The van der Waals surface area contributed by atoms with E-state index in [0.717, 1.165) is 0 Å². The molecule has 0 radical (unpaired) electrons. The predicted molar refractivity (Wildman–Crippen MR) is 210 cm³/mol. The van der Waals surface area contributed by atoms with Gasteiger partial charge in [-0.3, -0.25) is 0 Å². The first-order valence-electron chi connectivity index (χ1n) is 18.1. The van der Waals surface area contributed by atoms with Crippen LogP contribution in [-0.2, 0) is 35.3 Å². The third kappa shape index (κ3) is 12.0. The van der Waals surface area contributed by atoms with Gasteiger partial charge in [0.05, 0.1) is 28.6 Å². The average molecular weight is 812 g/mol. The smallest absolute Gasteiger partial charge is 0.425 e. The van der Waals surface area contributed by atoms with E-state index in [0.29, 0.717) is 29.1 Å². The van der Waals surface area contributed by atoms with Crippen LogP contribution in [0, 0.1) is 5.82 Å². The molecule has 0 aliphatic carbocycles. The van der Waals surface area contributed by atoms with E-state index in [1.165, 1.54) is 66.7 Å². The topological polar surface area (TPSA) is 187 Å². The molecule has 1 saturated heterocycles. The monoisotopic (exact) mass is 811 g/mol. The van der Waals surface area contributed by atoms with Gasteiger partial charge in [0.15, 0.2) is 15.7 Å². The van der Waals surface area contributed by atoms with Crippen LogP contribution >= 0.6 is 0 Å². The van der Waals surface area contributed by atoms with Gasteiger partial charge in [-0.05, 0) is 111 Å². The Morgan fingerprint density at radius 3 is 2.02 bits per heavy atom. The van der Waals surface area contributed by atoms with E-state index in [4.69, 9.17) is 18.9 Å². The molecule has 1 aliphatic rings. The molecule has 1 unspecified atom stereocenters. The van der Waals surface area contributed by atoms with Crippen molar-refractivity contribution in [2.24, 2.45) is 5.16 Å². The fourth-order valence-corrected chi connectivity index (χ4v) is 6.91. The number of ether oxygens (including phenoxy) is 4. The highest BCUT2D eigenvalue weighted by Gasteiger charge is 2.36. The molecule has 1 fully saturated rings. The lowest BCUT2D eigenvalue weighted by Crippen LogP contribution is -2.44. The number of aromatic nitrogens is 2. The Morgan fingerprint density at radius 1 is 0.930 bits per heavy atom. The van der Waals surface area contributed by atoms with Gasteiger partial charge < -0.3 is 29.1 Å². The molecule has 1 N–H and O–H groups in total. The highest BCUT2D eigenvalue weighted by Crippen LogP contribution is 2.29. The zero-order chi connectivity index (χ0) is 42.5. The number of sulfone groups is 1. The predicted octanol–water partition coefficient (Wildman–Crippen LogP) is 7.78. The highest BCUT2D eigenvalue weighted by atomic mass is 32.2. The highest BCUT2D eigenvalue weighted by molar-refractivity contribution is 7.92. The lowest BCUT2D eigenvalue weighted by atomic mass is 10.1. The van der Waals surface area contributed by atoms with Crippen molar-refractivity contribution in [2.75, 3.05) is 25.2 Å². The fraction of sp³-hybridized carbons (Fsp3) is 0.450. The van der Waals surface area contributed by atoms with Crippen LogP contribution in [0.1, 0.15) is 85.6 Å². The van der Waals surface area contributed by atoms with Crippen molar-refractivity contribution in [3.05, 3.63) is 77.4 Å². The molecule has 1 aromatic heterocycles. The quantitative estimate of drug-likeness (QED) is 0.0958. The summed E-state index contributed by atoms with van der Waals surface area (Å²) in [6.45, 7) is 15.3. The zero-order valence-electron chi connectivity index (χ0n) is 33.8. The molecule has 2 heterocycles. The number of carbonyl (C=O) groups is 3. The summed E-state index contributed by atoms with van der Waals surface area (Å²) in [7, 11) is -2.15. The minimum atomic E-state index is -3.66. The van der Waals surface area contributed by atoms with Crippen molar-refractivity contribution in [1.82, 2.24) is 14.9 Å². The summed E-state index contributed by atoms with van der Waals surface area (Å²) in [6, 6.07) is 10.0. The van der Waals surface area contributed by atoms with E-state index in [2.05, 4.69) is 15.1 Å². The number of anilines is 1. The number of carbonyl (C=O) groups excluding carboxylic acids is 3. The second kappa shape index (κ2) is 17.4. The third-order valence-corrected chi connectivity index (χ3v) is 10.1. The van der Waals surface area contributed by atoms with E-state index in [-0.39, 0.29) is 46.5 Å². The zero-order valence-corrected chi connectivity index (χ0v) is 34.6. The molecule has 308 valence electrons. The Morgan fingerprint density at radius 2 is 1.51 bits per heavy atom. The average Bonchev–Trinajstić information content (AvgIpc) is 3.64. The molecule has 17 heteroatoms. The number of oxime groups is 1. The first-order valence-corrected chi connectivity index (χ1v) is 19.6. The summed E-state index contributed by atoms with van der Waals surface area (Å²) in [5.41, 5.74) is -2.31. The maximum atomic E-state index is 15.6. The lowest BCUT2D eigenvalue weighted by molar-refractivity contribution is 0.0283. The minimum absolute atomic E-state index is 0.0202. The Balaban J connectivity index is 1.78. The molecule has 4 rings (SSSR count). The normalized spacial score (nSPS) is 15.4. The van der Waals surface area contributed by atoms with Gasteiger partial charge in [-0.1, -0.05) is 23.4 Å². The summed E-state index contributed by atoms with van der Waals surface area (Å²) >= 11 is 0. The summed E-state index contributed by atoms with van der Waals surface area (Å²) in [4.78, 5) is 50.7. The molecular formula is C40H50FN5O10S. The summed E-state index contributed by atoms with van der Waals surface area (Å²) in [6.07, 6.45) is 1.25. The van der Waals surface area contributed by atoms with Crippen LogP contribution in [0.25, 0.3) is 17.3 Å². The maximum absolute atomic E-state index is 15.6. The van der Waals surface area contributed by atoms with Crippen molar-refractivity contribution in [2.45, 2.75) is 102 Å². The van der Waals surface area contributed by atoms with Crippen LogP contribution in [0.2, 0.25) is 0 Å². The van der Waals surface area contributed by atoms with Crippen molar-refractivity contribution in [1.29, 1.82) is 0 Å². The number of imide groups is 1. The molecular weight excluding hydrogens is 762 g/mol. The molecule has 2 aromatic carbocycles. The molecule has 57 heavy (non-hydrogen) atoms. The van der Waals surface area contributed by atoms with Gasteiger partial charge in [0, 0.05) is 31.3 Å². The Labute approximate surface area is 332 Å². The van der Waals surface area contributed by atoms with E-state index in [1.807, 2.05) is 0 Å². The number of nitrogens with zero attached hydrogens (tertiary/aromatic N) is 5. The van der Waals surface area contributed by atoms with Crippen molar-refractivity contribution in [3.63, 3.8) is 0 Å². The number of hydrogen-bond acceptors (Lipinski definition) is 13. The number of benzene rings is 2. The van der Waals surface area contributed by atoms with Gasteiger partial charge in [-0.15, -0.1) is 0 Å². The molecule has 3 amide bonds. The van der Waals surface area contributed by atoms with Gasteiger partial charge in [0.1, 0.15) is 34.0 Å². The van der Waals surface area contributed by atoms with Gasteiger partial charge in [0.2, 0.25) is 0 Å². The summed E-state index contributed by atoms with van der Waals surface area (Å²) in [5.74, 6) is -1.12. The number of rotatable bonds is 9. The number of hydrogen-bond donors (Lipinski definition) is 1. The van der Waals surface area contributed by atoms with Gasteiger partial charge >= 0.3 is 18.3 Å². The van der Waals surface area contributed by atoms with Crippen LogP contribution in [0.3, 0.4) is 0 Å². The van der Waals surface area contributed by atoms with Crippen LogP contribution in [0.5, 0.6) is 0 Å². The summed E-state index contributed by atoms with van der Waals surface area (Å²) in [5, 5.41) is 12.7. The SMILES string of the molecule is CN(Cc1ccc(C(/C=C/c2nc(-c3ccc(S(=O)(=O)C4CCOC4)cc3)cnc2N(C(=O)OC(C)(C)C)C(=O)OC(C)(C)C)=N/O)c(F)c1)C(=O)OC(C)(C)C. The van der Waals surface area contributed by atoms with Crippen LogP contribution in [0.4, 0.5) is 24.6 Å². The summed E-state index contributed by atoms with van der Waals surface area (Å²) < 4.78 is 63.6. The Bertz CT molecular complexity index is 2100. The molecule has 0 spiro atoms. The van der Waals surface area contributed by atoms with E-state index >= 15 is 4.39 Å². The Kier molecular flexibility index (Phi) is 13.5. The van der Waals surface area contributed by atoms with Crippen molar-refractivity contribution >= 4 is 45.7 Å². The van der Waals surface area contributed by atoms with Crippen LogP contribution in [-0.4, -0.2) is 94.8 Å². The van der Waals surface area contributed by atoms with Crippen LogP contribution in [0.15, 0.2) is 64.8 Å². The van der Waals surface area contributed by atoms with Crippen LogP contribution < -0.4 is 4.90 Å². The number of amides is 3. The second-order valence-electron chi connectivity index (χ2n) is 16.3. The number of allylic oxidation sites excluding steroid dienone is 1. The minimum Gasteiger partial charge on any atom is -0.444 e. The number of halogens is 1. The standard InChI is InChI=1S/C40H50FN5O10S/c1-38(2,3)54-35(47)45(10)23-25-11-16-29(30(41)21-25)31(44-50)17-18-32-34(46(36(48)55-39(4,5)6)37(49)56-40(7,8)9)42-22-33(43-32)26-12-14-27(15-13-26)57(51,52)28-19-20-53-24-28/h11-18,21-22,28,50H,19-20,23-24H2,1-10H3/b18-17+,44-31+. The molecule has 1 aliphatic heterocycles. The van der Waals surface area contributed by atoms with E-state index in [1.54, 1.807) is 68.4 Å². The molecule has 1 atom stereocenters. The maximum Gasteiger partial charge on any atom is 0.425 e. The fourth-order valence-electron chi connectivity index (χ4n) is 5.33. The molecule has 3 aromatic rings. The lowest BCUT2D eigenvalue weighted by Gasteiger charge is -2.28. The van der Waals surface area contributed by atoms with Gasteiger partial charge in [-0.2, -0.15) is 4.90 Å². The van der Waals surface area contributed by atoms with Crippen molar-refractivity contribution in [3.8, 4) is 11.3 Å². The molecule has 15 nitrogen and oxygen atoms in total. The Hall–Kier alpha value is -5.42. The first kappa shape index (κ1) is 44.3. The van der Waals surface area contributed by atoms with Gasteiger partial charge in [0.25, 0.3) is 0 Å². The molecule has 0 bridgehead atoms. The van der Waals surface area contributed by atoms with Crippen molar-refractivity contribution < 1.29 is 51.3 Å². The van der Waals surface area contributed by atoms with E-state index < -0.39 is 56.0 Å². The third-order valence-electron chi connectivity index (χ3n) is 7.89. The van der Waals surface area contributed by atoms with Gasteiger partial charge in [-0.25, -0.2) is 37.2 Å².